The Morgan fingerprint density at radius 2 is 1.62 bits per heavy atom. The van der Waals surface area contributed by atoms with E-state index >= 15 is 0 Å². The number of aryl methyl sites for hydroxylation is 2. The molecule has 0 amide bonds. The first-order valence-corrected chi connectivity index (χ1v) is 11.6. The third-order valence-corrected chi connectivity index (χ3v) is 6.78. The van der Waals surface area contributed by atoms with E-state index < -0.39 is 0 Å². The molecule has 0 unspecified atom stereocenters. The Morgan fingerprint density at radius 3 is 2.32 bits per heavy atom. The zero-order valence-electron chi connectivity index (χ0n) is 19.6. The maximum absolute atomic E-state index is 14.0. The molecular weight excluding hydrogens is 448 g/mol. The van der Waals surface area contributed by atoms with Gasteiger partial charge in [0.2, 0.25) is 0 Å². The maximum atomic E-state index is 14.0. The molecule has 0 spiro atoms. The van der Waals surface area contributed by atoms with E-state index in [1.165, 1.54) is 6.33 Å². The number of hydrogen-bond acceptors (Lipinski definition) is 4. The summed E-state index contributed by atoms with van der Waals surface area (Å²) >= 11 is 6.35. The Hall–Kier alpha value is -3.51. The molecule has 4 aromatic rings. The summed E-state index contributed by atoms with van der Waals surface area (Å²) in [5.41, 5.74) is 4.60. The standard InChI is InChI=1S/C27H25ClN4O2/c1-16-5-8-18(9-6-16)31-23-13-27(3,4)14-24(33)20(23)12-21(26(31)34)25-29-15-30-32(25)19-10-7-17(2)22(28)11-19/h5-12,15H,13-14H2,1-4H3. The number of carbonyl (C=O) groups excluding carboxylic acids is 1. The van der Waals surface area contributed by atoms with Crippen molar-refractivity contribution in [3.63, 3.8) is 0 Å². The van der Waals surface area contributed by atoms with Gasteiger partial charge in [-0.25, -0.2) is 9.67 Å². The fourth-order valence-corrected chi connectivity index (χ4v) is 4.74. The van der Waals surface area contributed by atoms with Gasteiger partial charge >= 0.3 is 0 Å². The van der Waals surface area contributed by atoms with Gasteiger partial charge in [0.15, 0.2) is 11.6 Å². The summed E-state index contributed by atoms with van der Waals surface area (Å²) < 4.78 is 3.26. The molecule has 1 aliphatic rings. The number of Topliss-reactive ketones (excluding diaryl/α,β-unsaturated/α-hetero) is 1. The average Bonchev–Trinajstić information content (AvgIpc) is 3.25. The second-order valence-electron chi connectivity index (χ2n) is 9.76. The van der Waals surface area contributed by atoms with E-state index in [9.17, 15) is 9.59 Å². The van der Waals surface area contributed by atoms with Crippen LogP contribution in [0.4, 0.5) is 0 Å². The van der Waals surface area contributed by atoms with E-state index in [0.717, 1.165) is 22.5 Å². The SMILES string of the molecule is Cc1ccc(-n2c3c(cc(-c4ncnn4-c4ccc(C)c(Cl)c4)c2=O)C(=O)CC(C)(C)C3)cc1. The Morgan fingerprint density at radius 1 is 0.912 bits per heavy atom. The number of nitrogens with zero attached hydrogens (tertiary/aromatic N) is 4. The summed E-state index contributed by atoms with van der Waals surface area (Å²) in [7, 11) is 0. The highest BCUT2D eigenvalue weighted by atomic mass is 35.5. The molecule has 6 nitrogen and oxygen atoms in total. The summed E-state index contributed by atoms with van der Waals surface area (Å²) in [6.07, 6.45) is 2.45. The number of benzene rings is 2. The fourth-order valence-electron chi connectivity index (χ4n) is 4.57. The van der Waals surface area contributed by atoms with Gasteiger partial charge in [0.25, 0.3) is 5.56 Å². The first-order valence-electron chi connectivity index (χ1n) is 11.2. The van der Waals surface area contributed by atoms with Gasteiger partial charge in [0.05, 0.1) is 11.3 Å². The predicted octanol–water partition coefficient (Wildman–Crippen LogP) is 5.51. The number of halogens is 1. The second-order valence-corrected chi connectivity index (χ2v) is 10.2. The molecule has 0 N–H and O–H groups in total. The first kappa shape index (κ1) is 22.3. The van der Waals surface area contributed by atoms with Crippen molar-refractivity contribution in [2.75, 3.05) is 0 Å². The fraction of sp³-hybridized carbons (Fsp3) is 0.259. The van der Waals surface area contributed by atoms with Crippen molar-refractivity contribution >= 4 is 17.4 Å². The normalized spacial score (nSPS) is 14.8. The zero-order valence-corrected chi connectivity index (χ0v) is 20.3. The van der Waals surface area contributed by atoms with Crippen LogP contribution in [0.1, 0.15) is 47.4 Å². The molecule has 5 rings (SSSR count). The molecule has 2 heterocycles. The first-order chi connectivity index (χ1) is 16.1. The molecule has 2 aromatic carbocycles. The summed E-state index contributed by atoms with van der Waals surface area (Å²) in [5.74, 6) is 0.393. The van der Waals surface area contributed by atoms with E-state index in [0.29, 0.717) is 40.5 Å². The number of pyridine rings is 1. The predicted molar refractivity (Wildman–Crippen MR) is 133 cm³/mol. The summed E-state index contributed by atoms with van der Waals surface area (Å²) in [6.45, 7) is 8.04. The van der Waals surface area contributed by atoms with E-state index in [1.807, 2.05) is 50.2 Å². The number of ketones is 1. The number of hydrogen-bond donors (Lipinski definition) is 0. The highest BCUT2D eigenvalue weighted by molar-refractivity contribution is 6.31. The van der Waals surface area contributed by atoms with E-state index in [4.69, 9.17) is 11.6 Å². The minimum atomic E-state index is -0.236. The molecular formula is C27H25ClN4O2. The van der Waals surface area contributed by atoms with Crippen molar-refractivity contribution in [3.8, 4) is 22.8 Å². The molecule has 1 aliphatic carbocycles. The number of fused-ring (bicyclic) bond motifs is 1. The lowest BCUT2D eigenvalue weighted by atomic mass is 9.75. The molecule has 0 fully saturated rings. The molecule has 0 radical (unpaired) electrons. The lowest BCUT2D eigenvalue weighted by molar-refractivity contribution is 0.0909. The van der Waals surface area contributed by atoms with Crippen LogP contribution in [0.5, 0.6) is 0 Å². The molecule has 0 saturated carbocycles. The van der Waals surface area contributed by atoms with Gasteiger partial charge in [-0.15, -0.1) is 0 Å². The van der Waals surface area contributed by atoms with Crippen molar-refractivity contribution in [2.45, 2.75) is 40.5 Å². The van der Waals surface area contributed by atoms with Crippen molar-refractivity contribution < 1.29 is 4.79 Å². The van der Waals surface area contributed by atoms with Crippen molar-refractivity contribution in [2.24, 2.45) is 5.41 Å². The minimum Gasteiger partial charge on any atom is -0.294 e. The molecule has 7 heteroatoms. The topological polar surface area (TPSA) is 69.8 Å². The smallest absolute Gasteiger partial charge is 0.266 e. The average molecular weight is 473 g/mol. The van der Waals surface area contributed by atoms with Crippen LogP contribution in [-0.4, -0.2) is 25.1 Å². The van der Waals surface area contributed by atoms with Crippen LogP contribution in [0.2, 0.25) is 5.02 Å². The lowest BCUT2D eigenvalue weighted by Crippen LogP contribution is -2.35. The molecule has 34 heavy (non-hydrogen) atoms. The summed E-state index contributed by atoms with van der Waals surface area (Å²) in [5, 5.41) is 4.95. The van der Waals surface area contributed by atoms with E-state index in [-0.39, 0.29) is 16.8 Å². The Kier molecular flexibility index (Phi) is 5.29. The van der Waals surface area contributed by atoms with E-state index in [2.05, 4.69) is 23.9 Å². The van der Waals surface area contributed by atoms with Crippen LogP contribution in [0.25, 0.3) is 22.8 Å². The molecule has 0 atom stereocenters. The molecule has 0 aliphatic heterocycles. The van der Waals surface area contributed by atoms with Crippen LogP contribution >= 0.6 is 11.6 Å². The Labute approximate surface area is 202 Å². The van der Waals surface area contributed by atoms with Crippen molar-refractivity contribution in [1.29, 1.82) is 0 Å². The van der Waals surface area contributed by atoms with Crippen molar-refractivity contribution in [1.82, 2.24) is 19.3 Å². The van der Waals surface area contributed by atoms with Crippen LogP contribution in [-0.2, 0) is 6.42 Å². The lowest BCUT2D eigenvalue weighted by Gasteiger charge is -2.32. The van der Waals surface area contributed by atoms with Crippen LogP contribution in [0, 0.1) is 19.3 Å². The third kappa shape index (κ3) is 3.78. The van der Waals surface area contributed by atoms with Gasteiger partial charge < -0.3 is 0 Å². The monoisotopic (exact) mass is 472 g/mol. The summed E-state index contributed by atoms with van der Waals surface area (Å²) in [6, 6.07) is 15.0. The van der Waals surface area contributed by atoms with Gasteiger partial charge in [-0.05, 0) is 61.6 Å². The molecule has 0 saturated heterocycles. The van der Waals surface area contributed by atoms with Crippen LogP contribution < -0.4 is 5.56 Å². The van der Waals surface area contributed by atoms with Crippen LogP contribution in [0.3, 0.4) is 0 Å². The third-order valence-electron chi connectivity index (χ3n) is 6.37. The quantitative estimate of drug-likeness (QED) is 0.394. The Balaban J connectivity index is 1.79. The summed E-state index contributed by atoms with van der Waals surface area (Å²) in [4.78, 5) is 31.6. The number of carbonyl (C=O) groups is 1. The van der Waals surface area contributed by atoms with Gasteiger partial charge in [-0.2, -0.15) is 5.10 Å². The molecule has 0 bridgehead atoms. The maximum Gasteiger partial charge on any atom is 0.266 e. The number of aromatic nitrogens is 4. The van der Waals surface area contributed by atoms with Gasteiger partial charge in [0, 0.05) is 28.4 Å². The van der Waals surface area contributed by atoms with E-state index in [1.54, 1.807) is 21.4 Å². The second kappa shape index (κ2) is 8.06. The van der Waals surface area contributed by atoms with Crippen LogP contribution in [0.15, 0.2) is 59.7 Å². The molecule has 172 valence electrons. The minimum absolute atomic E-state index is 0.0257. The Bertz CT molecular complexity index is 1500. The van der Waals surface area contributed by atoms with Gasteiger partial charge in [-0.3, -0.25) is 14.2 Å². The molecule has 2 aromatic heterocycles. The van der Waals surface area contributed by atoms with Gasteiger partial charge in [0.1, 0.15) is 6.33 Å². The highest BCUT2D eigenvalue weighted by Gasteiger charge is 2.35. The largest absolute Gasteiger partial charge is 0.294 e. The number of rotatable bonds is 3. The van der Waals surface area contributed by atoms with Gasteiger partial charge in [-0.1, -0.05) is 49.2 Å². The zero-order chi connectivity index (χ0) is 24.2. The highest BCUT2D eigenvalue weighted by Crippen LogP contribution is 2.36. The van der Waals surface area contributed by atoms with Crippen molar-refractivity contribution in [3.05, 3.63) is 92.6 Å².